The van der Waals surface area contributed by atoms with Crippen molar-refractivity contribution in [3.63, 3.8) is 0 Å². The Morgan fingerprint density at radius 1 is 1.03 bits per heavy atom. The first-order valence-corrected chi connectivity index (χ1v) is 13.5. The van der Waals surface area contributed by atoms with Crippen molar-refractivity contribution in [3.8, 4) is 5.75 Å². The maximum Gasteiger partial charge on any atom is 0.282 e. The first kappa shape index (κ1) is 24.8. The van der Waals surface area contributed by atoms with Crippen molar-refractivity contribution in [1.82, 2.24) is 9.66 Å². The van der Waals surface area contributed by atoms with Gasteiger partial charge < -0.3 is 4.74 Å². The second kappa shape index (κ2) is 11.0. The molecule has 8 heteroatoms. The molecule has 0 N–H and O–H groups in total. The molecule has 5 rings (SSSR count). The summed E-state index contributed by atoms with van der Waals surface area (Å²) in [5.41, 5.74) is 1.78. The fourth-order valence-corrected chi connectivity index (χ4v) is 6.01. The third-order valence-electron chi connectivity index (χ3n) is 6.42. The van der Waals surface area contributed by atoms with E-state index in [-0.39, 0.29) is 23.9 Å². The lowest BCUT2D eigenvalue weighted by Gasteiger charge is -2.22. The van der Waals surface area contributed by atoms with E-state index in [1.165, 1.54) is 17.2 Å². The minimum atomic E-state index is -0.309. The van der Waals surface area contributed by atoms with Gasteiger partial charge >= 0.3 is 0 Å². The summed E-state index contributed by atoms with van der Waals surface area (Å²) in [6.07, 6.45) is 7.14. The molecule has 0 radical (unpaired) electrons. The number of fused-ring (bicyclic) bond motifs is 1. The monoisotopic (exact) mass is 611 g/mol. The number of rotatable bonds is 6. The quantitative estimate of drug-likeness (QED) is 0.211. The zero-order chi connectivity index (χ0) is 25.1. The van der Waals surface area contributed by atoms with Crippen molar-refractivity contribution < 1.29 is 9.13 Å². The van der Waals surface area contributed by atoms with E-state index in [9.17, 15) is 9.18 Å². The highest BCUT2D eigenvalue weighted by molar-refractivity contribution is 9.11. The largest absolute Gasteiger partial charge is 0.486 e. The van der Waals surface area contributed by atoms with Gasteiger partial charge in [0.15, 0.2) is 0 Å². The molecular weight excluding hydrogens is 589 g/mol. The summed E-state index contributed by atoms with van der Waals surface area (Å²) < 4.78 is 22.7. The summed E-state index contributed by atoms with van der Waals surface area (Å²) in [6.45, 7) is 0.0974. The number of para-hydroxylation sites is 1. The van der Waals surface area contributed by atoms with Crippen LogP contribution in [0.1, 0.15) is 55.0 Å². The molecule has 1 aromatic heterocycles. The van der Waals surface area contributed by atoms with Gasteiger partial charge in [0.1, 0.15) is 24.0 Å². The zero-order valence-corrected chi connectivity index (χ0v) is 22.6. The lowest BCUT2D eigenvalue weighted by Crippen LogP contribution is -2.25. The molecule has 1 fully saturated rings. The summed E-state index contributed by atoms with van der Waals surface area (Å²) in [7, 11) is 0. The molecule has 36 heavy (non-hydrogen) atoms. The van der Waals surface area contributed by atoms with E-state index >= 15 is 0 Å². The predicted octanol–water partition coefficient (Wildman–Crippen LogP) is 7.57. The molecule has 1 saturated carbocycles. The Morgan fingerprint density at radius 2 is 1.72 bits per heavy atom. The Bertz CT molecular complexity index is 1470. The van der Waals surface area contributed by atoms with Crippen LogP contribution >= 0.6 is 31.9 Å². The highest BCUT2D eigenvalue weighted by atomic mass is 79.9. The summed E-state index contributed by atoms with van der Waals surface area (Å²) in [5.74, 6) is 1.18. The number of halogens is 3. The normalized spacial score (nSPS) is 14.5. The molecule has 3 aromatic carbocycles. The Hall–Kier alpha value is -2.84. The van der Waals surface area contributed by atoms with Gasteiger partial charge in [0, 0.05) is 11.5 Å². The summed E-state index contributed by atoms with van der Waals surface area (Å²) >= 11 is 7.10. The molecule has 1 aliphatic rings. The van der Waals surface area contributed by atoms with Crippen LogP contribution in [-0.2, 0) is 6.61 Å². The smallest absolute Gasteiger partial charge is 0.282 e. The zero-order valence-electron chi connectivity index (χ0n) is 19.5. The van der Waals surface area contributed by atoms with Gasteiger partial charge in [-0.05, 0) is 80.6 Å². The molecule has 1 aliphatic carbocycles. The van der Waals surface area contributed by atoms with Gasteiger partial charge in [-0.25, -0.2) is 9.37 Å². The van der Waals surface area contributed by atoms with Crippen LogP contribution in [0.3, 0.4) is 0 Å². The Labute approximate surface area is 225 Å². The van der Waals surface area contributed by atoms with Gasteiger partial charge in [-0.1, -0.05) is 49.6 Å². The van der Waals surface area contributed by atoms with Crippen molar-refractivity contribution in [3.05, 3.63) is 103 Å². The van der Waals surface area contributed by atoms with Crippen molar-refractivity contribution in [2.24, 2.45) is 5.10 Å². The van der Waals surface area contributed by atoms with Crippen LogP contribution in [0.4, 0.5) is 4.39 Å². The fraction of sp³-hybridized carbons (Fsp3) is 0.250. The van der Waals surface area contributed by atoms with E-state index in [0.29, 0.717) is 31.2 Å². The van der Waals surface area contributed by atoms with Gasteiger partial charge in [0.25, 0.3) is 5.56 Å². The molecule has 5 nitrogen and oxygen atoms in total. The van der Waals surface area contributed by atoms with Crippen LogP contribution in [0.25, 0.3) is 10.9 Å². The van der Waals surface area contributed by atoms with Crippen molar-refractivity contribution in [1.29, 1.82) is 0 Å². The van der Waals surface area contributed by atoms with Crippen molar-refractivity contribution >= 4 is 49.0 Å². The molecule has 0 aliphatic heterocycles. The van der Waals surface area contributed by atoms with Crippen LogP contribution in [0.2, 0.25) is 0 Å². The van der Waals surface area contributed by atoms with Gasteiger partial charge in [-0.3, -0.25) is 4.79 Å². The highest BCUT2D eigenvalue weighted by Crippen LogP contribution is 2.35. The minimum absolute atomic E-state index is 0.0974. The third-order valence-corrected chi connectivity index (χ3v) is 7.60. The maximum atomic E-state index is 14.0. The average molecular weight is 613 g/mol. The van der Waals surface area contributed by atoms with E-state index < -0.39 is 0 Å². The second-order valence-corrected chi connectivity index (χ2v) is 10.6. The van der Waals surface area contributed by atoms with Crippen LogP contribution in [0.15, 0.2) is 79.5 Å². The number of ether oxygens (including phenoxy) is 1. The summed E-state index contributed by atoms with van der Waals surface area (Å²) in [4.78, 5) is 18.3. The van der Waals surface area contributed by atoms with Gasteiger partial charge in [0.2, 0.25) is 0 Å². The molecule has 0 bridgehead atoms. The Balaban J connectivity index is 1.46. The fourth-order valence-electron chi connectivity index (χ4n) is 4.56. The SMILES string of the molecule is O=c1c2ccccc2nc(C2CCCCC2)n1N=Cc1cc(Br)c(OCc2ccccc2F)c(Br)c1. The van der Waals surface area contributed by atoms with Gasteiger partial charge in [-0.15, -0.1) is 0 Å². The molecular formula is C28H24Br2FN3O2. The molecule has 0 saturated heterocycles. The molecule has 0 atom stereocenters. The van der Waals surface area contributed by atoms with E-state index in [0.717, 1.165) is 37.1 Å². The third kappa shape index (κ3) is 5.30. The van der Waals surface area contributed by atoms with E-state index in [1.54, 1.807) is 30.5 Å². The van der Waals surface area contributed by atoms with Crippen molar-refractivity contribution in [2.45, 2.75) is 44.6 Å². The lowest BCUT2D eigenvalue weighted by atomic mass is 9.88. The van der Waals surface area contributed by atoms with Crippen LogP contribution in [0, 0.1) is 5.82 Å². The van der Waals surface area contributed by atoms with Gasteiger partial charge in [0.05, 0.1) is 26.1 Å². The number of aromatic nitrogens is 2. The number of nitrogens with zero attached hydrogens (tertiary/aromatic N) is 3. The van der Waals surface area contributed by atoms with E-state index in [2.05, 4.69) is 37.0 Å². The van der Waals surface area contributed by atoms with Crippen LogP contribution in [0.5, 0.6) is 5.75 Å². The lowest BCUT2D eigenvalue weighted by molar-refractivity contribution is 0.296. The number of benzene rings is 3. The number of hydrogen-bond donors (Lipinski definition) is 0. The number of hydrogen-bond acceptors (Lipinski definition) is 4. The van der Waals surface area contributed by atoms with Crippen LogP contribution in [-0.4, -0.2) is 15.9 Å². The molecule has 0 unspecified atom stereocenters. The molecule has 0 spiro atoms. The molecule has 1 heterocycles. The topological polar surface area (TPSA) is 56.5 Å². The molecule has 184 valence electrons. The minimum Gasteiger partial charge on any atom is -0.486 e. The highest BCUT2D eigenvalue weighted by Gasteiger charge is 2.22. The van der Waals surface area contributed by atoms with E-state index in [1.807, 2.05) is 30.3 Å². The average Bonchev–Trinajstić information content (AvgIpc) is 2.89. The van der Waals surface area contributed by atoms with Gasteiger partial charge in [-0.2, -0.15) is 9.78 Å². The van der Waals surface area contributed by atoms with Crippen LogP contribution < -0.4 is 10.3 Å². The first-order chi connectivity index (χ1) is 17.5. The Morgan fingerprint density at radius 3 is 2.47 bits per heavy atom. The molecule has 0 amide bonds. The standard InChI is InChI=1S/C28H24Br2FN3O2/c29-22-14-18(15-23(30)26(22)36-17-20-10-4-6-12-24(20)31)16-32-34-27(19-8-2-1-3-9-19)33-25-13-7-5-11-21(25)28(34)35/h4-7,10-16,19H,1-3,8-9,17H2. The van der Waals surface area contributed by atoms with E-state index in [4.69, 9.17) is 9.72 Å². The maximum absolute atomic E-state index is 14.0. The van der Waals surface area contributed by atoms with Crippen molar-refractivity contribution in [2.75, 3.05) is 0 Å². The summed E-state index contributed by atoms with van der Waals surface area (Å²) in [5, 5.41) is 5.15. The summed E-state index contributed by atoms with van der Waals surface area (Å²) in [6, 6.07) is 17.6. The first-order valence-electron chi connectivity index (χ1n) is 11.9. The Kier molecular flexibility index (Phi) is 7.62. The molecule has 4 aromatic rings. The second-order valence-electron chi connectivity index (χ2n) is 8.88. The predicted molar refractivity (Wildman–Crippen MR) is 147 cm³/mol.